The van der Waals surface area contributed by atoms with Crippen LogP contribution in [0.2, 0.25) is 0 Å². The fraction of sp³-hybridized carbons (Fsp3) is 0.308. The highest BCUT2D eigenvalue weighted by atomic mass is 32.1. The summed E-state index contributed by atoms with van der Waals surface area (Å²) in [6.45, 7) is 5.78. The summed E-state index contributed by atoms with van der Waals surface area (Å²) in [6, 6.07) is 3.43. The van der Waals surface area contributed by atoms with E-state index in [0.717, 1.165) is 16.0 Å². The molecular weight excluding hydrogens is 262 g/mol. The number of rotatable bonds is 4. The van der Waals surface area contributed by atoms with Crippen molar-refractivity contribution in [3.8, 4) is 0 Å². The summed E-state index contributed by atoms with van der Waals surface area (Å²) >= 11 is 1.53. The second-order valence-corrected chi connectivity index (χ2v) is 5.40. The molecule has 100 valence electrons. The van der Waals surface area contributed by atoms with E-state index in [1.165, 1.54) is 11.3 Å². The monoisotopic (exact) mass is 277 g/mol. The Kier molecular flexibility index (Phi) is 3.80. The number of thiazole rings is 1. The number of nitrogens with zero attached hydrogens (tertiary/aromatic N) is 2. The number of nitro benzene ring substituents is 1. The Labute approximate surface area is 115 Å². The normalized spacial score (nSPS) is 12.2. The molecule has 1 unspecified atom stereocenters. The predicted molar refractivity (Wildman–Crippen MR) is 76.7 cm³/mol. The van der Waals surface area contributed by atoms with Gasteiger partial charge in [-0.2, -0.15) is 0 Å². The van der Waals surface area contributed by atoms with Crippen molar-refractivity contribution in [2.45, 2.75) is 26.8 Å². The molecule has 1 atom stereocenters. The van der Waals surface area contributed by atoms with Crippen molar-refractivity contribution in [2.75, 3.05) is 5.32 Å². The molecule has 0 saturated heterocycles. The minimum atomic E-state index is -0.353. The van der Waals surface area contributed by atoms with Gasteiger partial charge in [0.1, 0.15) is 5.69 Å². The average Bonchev–Trinajstić information content (AvgIpc) is 2.86. The molecular formula is C13H15N3O2S. The van der Waals surface area contributed by atoms with Crippen LogP contribution in [0.5, 0.6) is 0 Å². The van der Waals surface area contributed by atoms with Crippen LogP contribution in [-0.2, 0) is 0 Å². The van der Waals surface area contributed by atoms with E-state index in [-0.39, 0.29) is 16.7 Å². The minimum absolute atomic E-state index is 0.00620. The number of nitrogens with one attached hydrogen (secondary N) is 1. The lowest BCUT2D eigenvalue weighted by Crippen LogP contribution is -2.07. The van der Waals surface area contributed by atoms with Crippen LogP contribution < -0.4 is 5.32 Å². The second kappa shape index (κ2) is 5.36. The Hall–Kier alpha value is -1.95. The number of anilines is 1. The van der Waals surface area contributed by atoms with Crippen molar-refractivity contribution < 1.29 is 4.92 Å². The quantitative estimate of drug-likeness (QED) is 0.681. The van der Waals surface area contributed by atoms with Crippen LogP contribution in [0.25, 0.3) is 0 Å². The maximum Gasteiger partial charge on any atom is 0.292 e. The van der Waals surface area contributed by atoms with E-state index in [9.17, 15) is 10.1 Å². The van der Waals surface area contributed by atoms with Gasteiger partial charge in [0, 0.05) is 17.1 Å². The molecule has 0 aliphatic rings. The first-order valence-corrected chi connectivity index (χ1v) is 6.77. The fourth-order valence-electron chi connectivity index (χ4n) is 1.81. The summed E-state index contributed by atoms with van der Waals surface area (Å²) in [7, 11) is 0. The molecule has 6 heteroatoms. The zero-order valence-corrected chi connectivity index (χ0v) is 11.8. The molecule has 19 heavy (non-hydrogen) atoms. The van der Waals surface area contributed by atoms with Crippen LogP contribution in [0.1, 0.15) is 29.0 Å². The summed E-state index contributed by atoms with van der Waals surface area (Å²) in [5, 5.41) is 14.3. The summed E-state index contributed by atoms with van der Waals surface area (Å²) in [6.07, 6.45) is 1.77. The second-order valence-electron chi connectivity index (χ2n) is 4.48. The SMILES string of the molecule is Cc1cc(NC(C)c2cncs2)c([N+](=O)[O-])cc1C. The van der Waals surface area contributed by atoms with E-state index >= 15 is 0 Å². The van der Waals surface area contributed by atoms with Crippen molar-refractivity contribution in [3.63, 3.8) is 0 Å². The first-order valence-electron chi connectivity index (χ1n) is 5.89. The Morgan fingerprint density at radius 2 is 2.05 bits per heavy atom. The van der Waals surface area contributed by atoms with Crippen LogP contribution >= 0.6 is 11.3 Å². The van der Waals surface area contributed by atoms with Crippen LogP contribution in [0, 0.1) is 24.0 Å². The van der Waals surface area contributed by atoms with Gasteiger partial charge in [-0.3, -0.25) is 15.1 Å². The van der Waals surface area contributed by atoms with E-state index in [4.69, 9.17) is 0 Å². The molecule has 1 N–H and O–H groups in total. The number of hydrogen-bond acceptors (Lipinski definition) is 5. The van der Waals surface area contributed by atoms with Crippen molar-refractivity contribution in [1.82, 2.24) is 4.98 Å². The molecule has 5 nitrogen and oxygen atoms in total. The first kappa shape index (κ1) is 13.5. The zero-order valence-electron chi connectivity index (χ0n) is 11.0. The van der Waals surface area contributed by atoms with Crippen LogP contribution in [0.3, 0.4) is 0 Å². The van der Waals surface area contributed by atoms with Gasteiger partial charge in [0.15, 0.2) is 0 Å². The van der Waals surface area contributed by atoms with Crippen LogP contribution in [0.15, 0.2) is 23.8 Å². The number of benzene rings is 1. The molecule has 0 aliphatic carbocycles. The lowest BCUT2D eigenvalue weighted by atomic mass is 10.1. The molecule has 1 heterocycles. The summed E-state index contributed by atoms with van der Waals surface area (Å²) in [5.74, 6) is 0. The largest absolute Gasteiger partial charge is 0.372 e. The van der Waals surface area contributed by atoms with Crippen molar-refractivity contribution in [3.05, 3.63) is 50.0 Å². The van der Waals surface area contributed by atoms with Gasteiger partial charge in [-0.15, -0.1) is 11.3 Å². The Bertz CT molecular complexity index is 596. The Balaban J connectivity index is 2.33. The van der Waals surface area contributed by atoms with Gasteiger partial charge in [0.25, 0.3) is 5.69 Å². The number of aryl methyl sites for hydroxylation is 2. The maximum absolute atomic E-state index is 11.1. The molecule has 2 rings (SSSR count). The molecule has 0 aliphatic heterocycles. The molecule has 0 bridgehead atoms. The summed E-state index contributed by atoms with van der Waals surface area (Å²) in [5.41, 5.74) is 4.36. The third-order valence-corrected chi connectivity index (χ3v) is 4.02. The molecule has 2 aromatic rings. The summed E-state index contributed by atoms with van der Waals surface area (Å²) < 4.78 is 0. The van der Waals surface area contributed by atoms with Gasteiger partial charge in [-0.1, -0.05) is 0 Å². The number of hydrogen-bond donors (Lipinski definition) is 1. The third-order valence-electron chi connectivity index (χ3n) is 3.06. The number of nitro groups is 1. The Morgan fingerprint density at radius 1 is 1.37 bits per heavy atom. The van der Waals surface area contributed by atoms with Gasteiger partial charge in [-0.25, -0.2) is 0 Å². The molecule has 1 aromatic carbocycles. The van der Waals surface area contributed by atoms with Crippen molar-refractivity contribution in [1.29, 1.82) is 0 Å². The Morgan fingerprint density at radius 3 is 2.63 bits per heavy atom. The fourth-order valence-corrected chi connectivity index (χ4v) is 2.44. The van der Waals surface area contributed by atoms with Crippen LogP contribution in [-0.4, -0.2) is 9.91 Å². The first-order chi connectivity index (χ1) is 8.99. The highest BCUT2D eigenvalue weighted by Crippen LogP contribution is 2.31. The number of aromatic nitrogens is 1. The van der Waals surface area contributed by atoms with Gasteiger partial charge in [0.05, 0.1) is 16.5 Å². The zero-order chi connectivity index (χ0) is 14.0. The molecule has 0 fully saturated rings. The van der Waals surface area contributed by atoms with Gasteiger partial charge < -0.3 is 5.32 Å². The van der Waals surface area contributed by atoms with Gasteiger partial charge in [-0.05, 0) is 38.0 Å². The molecule has 0 amide bonds. The average molecular weight is 277 g/mol. The lowest BCUT2D eigenvalue weighted by Gasteiger charge is -2.14. The molecule has 0 saturated carbocycles. The van der Waals surface area contributed by atoms with E-state index in [2.05, 4.69) is 10.3 Å². The lowest BCUT2D eigenvalue weighted by molar-refractivity contribution is -0.384. The predicted octanol–water partition coefficient (Wildman–Crippen LogP) is 3.84. The van der Waals surface area contributed by atoms with E-state index in [1.807, 2.05) is 26.8 Å². The van der Waals surface area contributed by atoms with Crippen molar-refractivity contribution in [2.24, 2.45) is 0 Å². The van der Waals surface area contributed by atoms with E-state index in [1.54, 1.807) is 17.8 Å². The topological polar surface area (TPSA) is 68.1 Å². The van der Waals surface area contributed by atoms with Gasteiger partial charge >= 0.3 is 0 Å². The van der Waals surface area contributed by atoms with Gasteiger partial charge in [0.2, 0.25) is 0 Å². The van der Waals surface area contributed by atoms with Crippen LogP contribution in [0.4, 0.5) is 11.4 Å². The summed E-state index contributed by atoms with van der Waals surface area (Å²) in [4.78, 5) is 15.8. The minimum Gasteiger partial charge on any atom is -0.372 e. The molecule has 0 radical (unpaired) electrons. The van der Waals surface area contributed by atoms with E-state index < -0.39 is 0 Å². The van der Waals surface area contributed by atoms with E-state index in [0.29, 0.717) is 5.69 Å². The highest BCUT2D eigenvalue weighted by Gasteiger charge is 2.18. The smallest absolute Gasteiger partial charge is 0.292 e. The standard InChI is InChI=1S/C13H15N3O2S/c1-8-4-11(12(16(17)18)5-9(8)2)15-10(3)13-6-14-7-19-13/h4-7,10,15H,1-3H3. The third kappa shape index (κ3) is 2.90. The van der Waals surface area contributed by atoms with Crippen molar-refractivity contribution >= 4 is 22.7 Å². The molecule has 1 aromatic heterocycles. The highest BCUT2D eigenvalue weighted by molar-refractivity contribution is 7.09. The molecule has 0 spiro atoms. The maximum atomic E-state index is 11.1.